The van der Waals surface area contributed by atoms with Crippen molar-refractivity contribution in [3.8, 4) is 0 Å². The normalized spacial score (nSPS) is 12.4. The second-order valence-electron chi connectivity index (χ2n) is 4.92. The molecule has 0 saturated heterocycles. The number of aliphatic hydroxyl groups is 1. The molecule has 1 unspecified atom stereocenters. The Labute approximate surface area is 164 Å². The van der Waals surface area contributed by atoms with Gasteiger partial charge in [0.25, 0.3) is 0 Å². The van der Waals surface area contributed by atoms with E-state index in [9.17, 15) is 0 Å². The summed E-state index contributed by atoms with van der Waals surface area (Å²) in [6, 6.07) is 9.57. The number of nitrogens with zero attached hydrogens (tertiary/aromatic N) is 3. The van der Waals surface area contributed by atoms with Crippen LogP contribution in [0.1, 0.15) is 18.5 Å². The number of hydrogen-bond acceptors (Lipinski definition) is 3. The van der Waals surface area contributed by atoms with E-state index < -0.39 is 0 Å². The number of aromatic nitrogens is 2. The van der Waals surface area contributed by atoms with E-state index in [0.717, 1.165) is 12.1 Å². The van der Waals surface area contributed by atoms with Crippen molar-refractivity contribution in [2.45, 2.75) is 13.0 Å². The molecule has 2 aromatic rings. The fourth-order valence-corrected chi connectivity index (χ4v) is 2.31. The Hall–Kier alpha value is -1.32. The van der Waals surface area contributed by atoms with Gasteiger partial charge in [-0.3, -0.25) is 9.67 Å². The molecular weight excluding hydrogens is 441 g/mol. The van der Waals surface area contributed by atoms with Gasteiger partial charge in [0.15, 0.2) is 5.96 Å². The van der Waals surface area contributed by atoms with Crippen LogP contribution in [0.2, 0.25) is 5.02 Å². The van der Waals surface area contributed by atoms with E-state index in [4.69, 9.17) is 16.7 Å². The average molecular weight is 464 g/mol. The van der Waals surface area contributed by atoms with E-state index in [2.05, 4.69) is 20.7 Å². The molecule has 0 spiro atoms. The third-order valence-corrected chi connectivity index (χ3v) is 3.52. The van der Waals surface area contributed by atoms with Gasteiger partial charge in [0, 0.05) is 30.5 Å². The first-order valence-electron chi connectivity index (χ1n) is 7.62. The molecule has 1 heterocycles. The molecule has 6 nitrogen and oxygen atoms in total. The maximum atomic E-state index is 8.94. The first-order valence-corrected chi connectivity index (χ1v) is 8.00. The minimum atomic E-state index is -0.0214. The zero-order valence-corrected chi connectivity index (χ0v) is 16.6. The topological polar surface area (TPSA) is 74.5 Å². The number of benzene rings is 1. The highest BCUT2D eigenvalue weighted by Crippen LogP contribution is 2.20. The molecule has 3 N–H and O–H groups in total. The highest BCUT2D eigenvalue weighted by atomic mass is 127. The molecule has 0 aliphatic heterocycles. The van der Waals surface area contributed by atoms with Crippen LogP contribution in [0.15, 0.2) is 47.7 Å². The van der Waals surface area contributed by atoms with E-state index in [0.29, 0.717) is 24.1 Å². The number of hydrogen-bond donors (Lipinski definition) is 3. The summed E-state index contributed by atoms with van der Waals surface area (Å²) in [4.78, 5) is 4.60. The van der Waals surface area contributed by atoms with E-state index in [1.54, 1.807) is 6.20 Å². The van der Waals surface area contributed by atoms with Gasteiger partial charge in [0.2, 0.25) is 0 Å². The number of guanidine groups is 1. The molecule has 24 heavy (non-hydrogen) atoms. The SMILES string of the molecule is CCNC(=NCC(c1ccc(Cl)cc1)n1cccn1)NCCO.I. The average Bonchev–Trinajstić information content (AvgIpc) is 3.08. The highest BCUT2D eigenvalue weighted by Gasteiger charge is 2.14. The summed E-state index contributed by atoms with van der Waals surface area (Å²) in [5, 5.41) is 20.2. The van der Waals surface area contributed by atoms with Crippen LogP contribution in [0.3, 0.4) is 0 Å². The second-order valence-corrected chi connectivity index (χ2v) is 5.36. The number of rotatable bonds is 7. The standard InChI is InChI=1S/C16H22ClN5O.HI/c1-2-18-16(19-9-11-23)20-12-15(22-10-3-8-21-22)13-4-6-14(17)7-5-13;/h3-8,10,15,23H,2,9,11-12H2,1H3,(H2,18,19,20);1H. The molecule has 0 saturated carbocycles. The van der Waals surface area contributed by atoms with Crippen molar-refractivity contribution < 1.29 is 5.11 Å². The number of aliphatic imine (C=N–C) groups is 1. The predicted octanol–water partition coefficient (Wildman–Crippen LogP) is 2.29. The van der Waals surface area contributed by atoms with E-state index >= 15 is 0 Å². The molecule has 132 valence electrons. The van der Waals surface area contributed by atoms with Gasteiger partial charge in [-0.1, -0.05) is 23.7 Å². The Morgan fingerprint density at radius 3 is 2.67 bits per heavy atom. The van der Waals surface area contributed by atoms with Gasteiger partial charge in [-0.05, 0) is 30.7 Å². The van der Waals surface area contributed by atoms with Crippen LogP contribution < -0.4 is 10.6 Å². The second kappa shape index (κ2) is 11.3. The van der Waals surface area contributed by atoms with E-state index in [1.807, 2.05) is 48.1 Å². The molecule has 0 amide bonds. The third kappa shape index (κ3) is 6.29. The highest BCUT2D eigenvalue weighted by molar-refractivity contribution is 14.0. The van der Waals surface area contributed by atoms with Crippen molar-refractivity contribution in [2.75, 3.05) is 26.2 Å². The molecule has 0 bridgehead atoms. The Kier molecular flexibility index (Phi) is 9.73. The quantitative estimate of drug-likeness (QED) is 0.335. The molecule has 1 aromatic heterocycles. The van der Waals surface area contributed by atoms with Crippen LogP contribution in [0.25, 0.3) is 0 Å². The van der Waals surface area contributed by atoms with Gasteiger partial charge >= 0.3 is 0 Å². The van der Waals surface area contributed by atoms with Crippen LogP contribution in [0.4, 0.5) is 0 Å². The van der Waals surface area contributed by atoms with Gasteiger partial charge in [-0.2, -0.15) is 5.10 Å². The van der Waals surface area contributed by atoms with Gasteiger partial charge in [-0.25, -0.2) is 0 Å². The van der Waals surface area contributed by atoms with E-state index in [-0.39, 0.29) is 36.6 Å². The van der Waals surface area contributed by atoms with Crippen molar-refractivity contribution in [1.29, 1.82) is 0 Å². The maximum Gasteiger partial charge on any atom is 0.191 e. The van der Waals surface area contributed by atoms with Crippen LogP contribution in [0.5, 0.6) is 0 Å². The van der Waals surface area contributed by atoms with Gasteiger partial charge in [0.1, 0.15) is 0 Å². The van der Waals surface area contributed by atoms with E-state index in [1.165, 1.54) is 0 Å². The lowest BCUT2D eigenvalue weighted by Gasteiger charge is -2.18. The third-order valence-electron chi connectivity index (χ3n) is 3.27. The van der Waals surface area contributed by atoms with Gasteiger partial charge in [0.05, 0.1) is 19.2 Å². The smallest absolute Gasteiger partial charge is 0.191 e. The van der Waals surface area contributed by atoms with Crippen LogP contribution in [-0.4, -0.2) is 47.1 Å². The fraction of sp³-hybridized carbons (Fsp3) is 0.375. The Morgan fingerprint density at radius 1 is 1.33 bits per heavy atom. The maximum absolute atomic E-state index is 8.94. The Balaban J connectivity index is 0.00000288. The molecule has 2 rings (SSSR count). The Bertz CT molecular complexity index is 603. The van der Waals surface area contributed by atoms with Crippen molar-refractivity contribution in [3.05, 3.63) is 53.3 Å². The summed E-state index contributed by atoms with van der Waals surface area (Å²) in [6.45, 7) is 3.79. The molecule has 0 fully saturated rings. The van der Waals surface area contributed by atoms with Crippen molar-refractivity contribution in [3.63, 3.8) is 0 Å². The van der Waals surface area contributed by atoms with Gasteiger partial charge < -0.3 is 15.7 Å². The summed E-state index contributed by atoms with van der Waals surface area (Å²) in [5.74, 6) is 0.674. The minimum absolute atomic E-state index is 0. The summed E-state index contributed by atoms with van der Waals surface area (Å²) >= 11 is 5.97. The summed E-state index contributed by atoms with van der Waals surface area (Å²) in [6.07, 6.45) is 3.67. The first-order chi connectivity index (χ1) is 11.2. The fourth-order valence-electron chi connectivity index (χ4n) is 2.19. The molecule has 8 heteroatoms. The molecular formula is C16H23ClIN5O. The number of nitrogens with one attached hydrogen (secondary N) is 2. The number of aliphatic hydroxyl groups excluding tert-OH is 1. The van der Waals surface area contributed by atoms with Crippen LogP contribution >= 0.6 is 35.6 Å². The zero-order valence-electron chi connectivity index (χ0n) is 13.5. The van der Waals surface area contributed by atoms with Crippen molar-refractivity contribution in [2.24, 2.45) is 4.99 Å². The minimum Gasteiger partial charge on any atom is -0.395 e. The largest absolute Gasteiger partial charge is 0.395 e. The van der Waals surface area contributed by atoms with Gasteiger partial charge in [-0.15, -0.1) is 24.0 Å². The van der Waals surface area contributed by atoms with Crippen molar-refractivity contribution >= 4 is 41.5 Å². The lowest BCUT2D eigenvalue weighted by Crippen LogP contribution is -2.39. The summed E-state index contributed by atoms with van der Waals surface area (Å²) in [7, 11) is 0. The van der Waals surface area contributed by atoms with Crippen LogP contribution in [-0.2, 0) is 0 Å². The predicted molar refractivity (Wildman–Crippen MR) is 108 cm³/mol. The van der Waals surface area contributed by atoms with Crippen molar-refractivity contribution in [1.82, 2.24) is 20.4 Å². The molecule has 1 atom stereocenters. The monoisotopic (exact) mass is 463 g/mol. The molecule has 0 radical (unpaired) electrons. The lowest BCUT2D eigenvalue weighted by atomic mass is 10.1. The Morgan fingerprint density at radius 2 is 2.08 bits per heavy atom. The van der Waals surface area contributed by atoms with Crippen LogP contribution in [0, 0.1) is 0 Å². The molecule has 0 aliphatic rings. The summed E-state index contributed by atoms with van der Waals surface area (Å²) < 4.78 is 1.88. The molecule has 0 aliphatic carbocycles. The lowest BCUT2D eigenvalue weighted by molar-refractivity contribution is 0.300. The first kappa shape index (κ1) is 20.7. The summed E-state index contributed by atoms with van der Waals surface area (Å²) in [5.41, 5.74) is 1.08. The molecule has 1 aromatic carbocycles. The number of halogens is 2. The zero-order chi connectivity index (χ0) is 16.5.